The van der Waals surface area contributed by atoms with Crippen LogP contribution in [-0.2, 0) is 4.79 Å². The predicted molar refractivity (Wildman–Crippen MR) is 80.7 cm³/mol. The maximum absolute atomic E-state index is 11.7. The van der Waals surface area contributed by atoms with Crippen molar-refractivity contribution in [2.45, 2.75) is 19.9 Å². The Labute approximate surface area is 119 Å². The summed E-state index contributed by atoms with van der Waals surface area (Å²) in [6, 6.07) is 7.10. The first-order valence-electron chi connectivity index (χ1n) is 6.55. The molecule has 1 aromatic carbocycles. The molecule has 0 unspecified atom stereocenters. The zero-order valence-corrected chi connectivity index (χ0v) is 11.9. The summed E-state index contributed by atoms with van der Waals surface area (Å²) in [4.78, 5) is 23.1. The van der Waals surface area contributed by atoms with Crippen LogP contribution in [0.1, 0.15) is 24.2 Å². The van der Waals surface area contributed by atoms with Crippen molar-refractivity contribution in [3.63, 3.8) is 0 Å². The van der Waals surface area contributed by atoms with Crippen molar-refractivity contribution in [2.24, 2.45) is 0 Å². The SMILES string of the molecule is C=CCNC(=O)CNc1ccc(C(=O)NC(C)C)cc1. The van der Waals surface area contributed by atoms with Crippen molar-refractivity contribution >= 4 is 17.5 Å². The molecule has 108 valence electrons. The number of hydrogen-bond donors (Lipinski definition) is 3. The summed E-state index contributed by atoms with van der Waals surface area (Å²) in [5.41, 5.74) is 1.39. The summed E-state index contributed by atoms with van der Waals surface area (Å²) in [6.07, 6.45) is 1.63. The van der Waals surface area contributed by atoms with Gasteiger partial charge in [0.15, 0.2) is 0 Å². The zero-order valence-electron chi connectivity index (χ0n) is 11.9. The van der Waals surface area contributed by atoms with Crippen molar-refractivity contribution in [1.29, 1.82) is 0 Å². The van der Waals surface area contributed by atoms with Crippen LogP contribution in [0.5, 0.6) is 0 Å². The molecule has 5 heteroatoms. The number of hydrogen-bond acceptors (Lipinski definition) is 3. The lowest BCUT2D eigenvalue weighted by Gasteiger charge is -2.10. The van der Waals surface area contributed by atoms with E-state index in [9.17, 15) is 9.59 Å². The fraction of sp³-hybridized carbons (Fsp3) is 0.333. The number of carbonyl (C=O) groups is 2. The second kappa shape index (κ2) is 7.99. The van der Waals surface area contributed by atoms with E-state index in [1.807, 2.05) is 13.8 Å². The summed E-state index contributed by atoms with van der Waals surface area (Å²) >= 11 is 0. The van der Waals surface area contributed by atoms with E-state index in [0.29, 0.717) is 12.1 Å². The lowest BCUT2D eigenvalue weighted by atomic mass is 10.2. The van der Waals surface area contributed by atoms with Crippen LogP contribution in [0.25, 0.3) is 0 Å². The molecule has 1 rings (SSSR count). The van der Waals surface area contributed by atoms with Gasteiger partial charge in [-0.05, 0) is 38.1 Å². The van der Waals surface area contributed by atoms with Crippen LogP contribution in [-0.4, -0.2) is 30.9 Å². The minimum Gasteiger partial charge on any atom is -0.376 e. The summed E-state index contributed by atoms with van der Waals surface area (Å²) in [5.74, 6) is -0.207. The molecule has 0 aliphatic heterocycles. The van der Waals surface area contributed by atoms with E-state index in [2.05, 4.69) is 22.5 Å². The van der Waals surface area contributed by atoms with Crippen molar-refractivity contribution in [1.82, 2.24) is 10.6 Å². The normalized spacial score (nSPS) is 9.95. The topological polar surface area (TPSA) is 70.2 Å². The molecule has 2 amide bonds. The van der Waals surface area contributed by atoms with E-state index in [0.717, 1.165) is 5.69 Å². The lowest BCUT2D eigenvalue weighted by molar-refractivity contribution is -0.119. The molecule has 20 heavy (non-hydrogen) atoms. The first kappa shape index (κ1) is 15.8. The first-order valence-corrected chi connectivity index (χ1v) is 6.55. The molecular weight excluding hydrogens is 254 g/mol. The third kappa shape index (κ3) is 5.56. The zero-order chi connectivity index (χ0) is 15.0. The van der Waals surface area contributed by atoms with Gasteiger partial charge in [0, 0.05) is 23.8 Å². The maximum Gasteiger partial charge on any atom is 0.251 e. The second-order valence-electron chi connectivity index (χ2n) is 4.65. The molecular formula is C15H21N3O2. The highest BCUT2D eigenvalue weighted by Gasteiger charge is 2.06. The van der Waals surface area contributed by atoms with Gasteiger partial charge in [-0.2, -0.15) is 0 Å². The van der Waals surface area contributed by atoms with E-state index >= 15 is 0 Å². The Balaban J connectivity index is 2.48. The van der Waals surface area contributed by atoms with Gasteiger partial charge in [-0.15, -0.1) is 6.58 Å². The Morgan fingerprint density at radius 2 is 1.90 bits per heavy atom. The predicted octanol–water partition coefficient (Wildman–Crippen LogP) is 1.54. The van der Waals surface area contributed by atoms with Gasteiger partial charge in [0.05, 0.1) is 6.54 Å². The number of nitrogens with one attached hydrogen (secondary N) is 3. The number of benzene rings is 1. The fourth-order valence-corrected chi connectivity index (χ4v) is 1.52. The van der Waals surface area contributed by atoms with Gasteiger partial charge in [0.1, 0.15) is 0 Å². The summed E-state index contributed by atoms with van der Waals surface area (Å²) < 4.78 is 0. The highest BCUT2D eigenvalue weighted by atomic mass is 16.2. The molecule has 0 saturated carbocycles. The smallest absolute Gasteiger partial charge is 0.251 e. The molecule has 0 aliphatic rings. The molecule has 5 nitrogen and oxygen atoms in total. The molecule has 0 heterocycles. The van der Waals surface area contributed by atoms with Crippen molar-refractivity contribution < 1.29 is 9.59 Å². The van der Waals surface area contributed by atoms with Gasteiger partial charge in [-0.1, -0.05) is 6.08 Å². The van der Waals surface area contributed by atoms with Crippen LogP contribution < -0.4 is 16.0 Å². The third-order valence-corrected chi connectivity index (χ3v) is 2.46. The number of anilines is 1. The summed E-state index contributed by atoms with van der Waals surface area (Å²) in [5, 5.41) is 8.47. The lowest BCUT2D eigenvalue weighted by Crippen LogP contribution is -2.30. The molecule has 0 fully saturated rings. The average molecular weight is 275 g/mol. The second-order valence-corrected chi connectivity index (χ2v) is 4.65. The monoisotopic (exact) mass is 275 g/mol. The third-order valence-electron chi connectivity index (χ3n) is 2.46. The fourth-order valence-electron chi connectivity index (χ4n) is 1.52. The number of rotatable bonds is 7. The largest absolute Gasteiger partial charge is 0.376 e. The van der Waals surface area contributed by atoms with E-state index < -0.39 is 0 Å². The van der Waals surface area contributed by atoms with Gasteiger partial charge in [-0.25, -0.2) is 0 Å². The Bertz CT molecular complexity index is 467. The molecule has 0 atom stereocenters. The molecule has 0 aromatic heterocycles. The maximum atomic E-state index is 11.7. The van der Waals surface area contributed by atoms with E-state index in [1.165, 1.54) is 0 Å². The number of carbonyl (C=O) groups excluding carboxylic acids is 2. The molecule has 0 bridgehead atoms. The Hall–Kier alpha value is -2.30. The van der Waals surface area contributed by atoms with Gasteiger partial charge < -0.3 is 16.0 Å². The van der Waals surface area contributed by atoms with Gasteiger partial charge in [0.25, 0.3) is 5.91 Å². The van der Waals surface area contributed by atoms with Crippen LogP contribution in [0, 0.1) is 0 Å². The minimum atomic E-state index is -0.105. The molecule has 1 aromatic rings. The Morgan fingerprint density at radius 3 is 2.45 bits per heavy atom. The van der Waals surface area contributed by atoms with Crippen molar-refractivity contribution in [3.05, 3.63) is 42.5 Å². The standard InChI is InChI=1S/C15H21N3O2/c1-4-9-16-14(19)10-17-13-7-5-12(6-8-13)15(20)18-11(2)3/h4-8,11,17H,1,9-10H2,2-3H3,(H,16,19)(H,18,20). The summed E-state index contributed by atoms with van der Waals surface area (Å²) in [7, 11) is 0. The molecule has 0 radical (unpaired) electrons. The van der Waals surface area contributed by atoms with Crippen LogP contribution in [0.2, 0.25) is 0 Å². The molecule has 0 spiro atoms. The molecule has 3 N–H and O–H groups in total. The molecule has 0 aliphatic carbocycles. The van der Waals surface area contributed by atoms with E-state index in [-0.39, 0.29) is 24.4 Å². The average Bonchev–Trinajstić information content (AvgIpc) is 2.42. The van der Waals surface area contributed by atoms with Gasteiger partial charge in [0.2, 0.25) is 5.91 Å². The number of amides is 2. The van der Waals surface area contributed by atoms with Crippen molar-refractivity contribution in [2.75, 3.05) is 18.4 Å². The van der Waals surface area contributed by atoms with E-state index in [1.54, 1.807) is 30.3 Å². The quantitative estimate of drug-likeness (QED) is 0.661. The van der Waals surface area contributed by atoms with Crippen molar-refractivity contribution in [3.8, 4) is 0 Å². The van der Waals surface area contributed by atoms with Crippen LogP contribution in [0.15, 0.2) is 36.9 Å². The van der Waals surface area contributed by atoms with Crippen LogP contribution in [0.3, 0.4) is 0 Å². The highest BCUT2D eigenvalue weighted by Crippen LogP contribution is 2.09. The summed E-state index contributed by atoms with van der Waals surface area (Å²) in [6.45, 7) is 7.99. The van der Waals surface area contributed by atoms with Crippen LogP contribution >= 0.6 is 0 Å². The van der Waals surface area contributed by atoms with E-state index in [4.69, 9.17) is 0 Å². The Kier molecular flexibility index (Phi) is 6.29. The van der Waals surface area contributed by atoms with Gasteiger partial charge in [-0.3, -0.25) is 9.59 Å². The molecule has 0 saturated heterocycles. The first-order chi connectivity index (χ1) is 9.52. The highest BCUT2D eigenvalue weighted by molar-refractivity contribution is 5.94. The Morgan fingerprint density at radius 1 is 1.25 bits per heavy atom. The van der Waals surface area contributed by atoms with Crippen LogP contribution in [0.4, 0.5) is 5.69 Å². The van der Waals surface area contributed by atoms with Gasteiger partial charge >= 0.3 is 0 Å². The minimum absolute atomic E-state index is 0.102.